The molecule has 1 atom stereocenters. The Morgan fingerprint density at radius 1 is 1.18 bits per heavy atom. The molecule has 5 heteroatoms. The largest absolute Gasteiger partial charge is 0.494 e. The Balaban J connectivity index is 1.93. The van der Waals surface area contributed by atoms with Crippen LogP contribution in [0.1, 0.15) is 25.5 Å². The van der Waals surface area contributed by atoms with Crippen LogP contribution >= 0.6 is 23.8 Å². The van der Waals surface area contributed by atoms with Crippen molar-refractivity contribution in [3.63, 3.8) is 0 Å². The van der Waals surface area contributed by atoms with E-state index in [1.165, 1.54) is 0 Å². The summed E-state index contributed by atoms with van der Waals surface area (Å²) in [4.78, 5) is 0. The van der Waals surface area contributed by atoms with Gasteiger partial charge in [0.15, 0.2) is 5.11 Å². The van der Waals surface area contributed by atoms with Crippen LogP contribution in [0.15, 0.2) is 48.5 Å². The highest BCUT2D eigenvalue weighted by Gasteiger charge is 2.10. The van der Waals surface area contributed by atoms with E-state index >= 15 is 0 Å². The van der Waals surface area contributed by atoms with E-state index in [2.05, 4.69) is 10.6 Å². The van der Waals surface area contributed by atoms with Crippen LogP contribution in [0.4, 0.5) is 5.69 Å². The molecular formula is C17H19ClN2OS. The lowest BCUT2D eigenvalue weighted by molar-refractivity contribution is 0.340. The molecule has 0 aliphatic rings. The van der Waals surface area contributed by atoms with Gasteiger partial charge < -0.3 is 15.4 Å². The highest BCUT2D eigenvalue weighted by atomic mass is 35.5. The second kappa shape index (κ2) is 8.01. The van der Waals surface area contributed by atoms with Gasteiger partial charge in [0.05, 0.1) is 12.6 Å². The third kappa shape index (κ3) is 4.61. The van der Waals surface area contributed by atoms with E-state index in [4.69, 9.17) is 28.6 Å². The van der Waals surface area contributed by atoms with Crippen LogP contribution in [0.3, 0.4) is 0 Å². The van der Waals surface area contributed by atoms with Crippen molar-refractivity contribution in [2.24, 2.45) is 0 Å². The molecule has 0 spiro atoms. The van der Waals surface area contributed by atoms with Crippen molar-refractivity contribution in [2.75, 3.05) is 11.9 Å². The number of nitrogens with one attached hydrogen (secondary N) is 2. The van der Waals surface area contributed by atoms with Gasteiger partial charge in [-0.3, -0.25) is 0 Å². The van der Waals surface area contributed by atoms with Gasteiger partial charge in [-0.25, -0.2) is 0 Å². The highest BCUT2D eigenvalue weighted by Crippen LogP contribution is 2.22. The monoisotopic (exact) mass is 334 g/mol. The maximum absolute atomic E-state index is 6.19. The van der Waals surface area contributed by atoms with Crippen molar-refractivity contribution in [1.82, 2.24) is 5.32 Å². The molecule has 3 nitrogen and oxygen atoms in total. The Hall–Kier alpha value is -1.78. The summed E-state index contributed by atoms with van der Waals surface area (Å²) >= 11 is 11.5. The normalized spacial score (nSPS) is 11.6. The van der Waals surface area contributed by atoms with Crippen molar-refractivity contribution in [3.8, 4) is 5.75 Å². The highest BCUT2D eigenvalue weighted by molar-refractivity contribution is 7.80. The van der Waals surface area contributed by atoms with Crippen LogP contribution in [-0.2, 0) is 0 Å². The van der Waals surface area contributed by atoms with Gasteiger partial charge in [-0.2, -0.15) is 0 Å². The van der Waals surface area contributed by atoms with Crippen molar-refractivity contribution < 1.29 is 4.74 Å². The molecule has 2 rings (SSSR count). The second-order valence-corrected chi connectivity index (χ2v) is 5.61. The first kappa shape index (κ1) is 16.6. The van der Waals surface area contributed by atoms with Gasteiger partial charge in [-0.1, -0.05) is 29.8 Å². The molecule has 0 amide bonds. The molecule has 0 radical (unpaired) electrons. The minimum atomic E-state index is 0.0244. The molecule has 0 heterocycles. The van der Waals surface area contributed by atoms with Crippen molar-refractivity contribution in [1.29, 1.82) is 0 Å². The zero-order chi connectivity index (χ0) is 15.9. The van der Waals surface area contributed by atoms with Crippen LogP contribution in [0, 0.1) is 0 Å². The van der Waals surface area contributed by atoms with E-state index in [0.29, 0.717) is 11.7 Å². The lowest BCUT2D eigenvalue weighted by Gasteiger charge is -2.18. The summed E-state index contributed by atoms with van der Waals surface area (Å²) in [7, 11) is 0. The van der Waals surface area contributed by atoms with Gasteiger partial charge in [0.2, 0.25) is 0 Å². The van der Waals surface area contributed by atoms with Crippen LogP contribution in [0.5, 0.6) is 5.75 Å². The number of benzene rings is 2. The first-order chi connectivity index (χ1) is 10.6. The molecule has 0 aliphatic heterocycles. The van der Waals surface area contributed by atoms with E-state index in [1.54, 1.807) is 0 Å². The fourth-order valence-corrected chi connectivity index (χ4v) is 2.66. The van der Waals surface area contributed by atoms with E-state index in [1.807, 2.05) is 62.4 Å². The van der Waals surface area contributed by atoms with Gasteiger partial charge in [-0.05, 0) is 62.0 Å². The summed E-state index contributed by atoms with van der Waals surface area (Å²) in [6.07, 6.45) is 0. The number of rotatable bonds is 5. The molecule has 0 saturated carbocycles. The first-order valence-electron chi connectivity index (χ1n) is 7.15. The standard InChI is InChI=1S/C17H19ClN2OS/c1-3-21-14-10-8-13(9-11-14)20-17(22)19-12(2)15-6-4-5-7-16(15)18/h4-12H,3H2,1-2H3,(H2,19,20,22)/t12-/m0/s1. The van der Waals surface area contributed by atoms with Crippen LogP contribution in [-0.4, -0.2) is 11.7 Å². The Labute approximate surface area is 141 Å². The van der Waals surface area contributed by atoms with Crippen molar-refractivity contribution in [2.45, 2.75) is 19.9 Å². The Morgan fingerprint density at radius 2 is 1.86 bits per heavy atom. The van der Waals surface area contributed by atoms with Gasteiger partial charge in [-0.15, -0.1) is 0 Å². The summed E-state index contributed by atoms with van der Waals surface area (Å²) in [6, 6.07) is 15.4. The molecule has 0 saturated heterocycles. The topological polar surface area (TPSA) is 33.3 Å². The Kier molecular flexibility index (Phi) is 6.04. The molecule has 2 N–H and O–H groups in total. The fraction of sp³-hybridized carbons (Fsp3) is 0.235. The molecular weight excluding hydrogens is 316 g/mol. The smallest absolute Gasteiger partial charge is 0.171 e. The van der Waals surface area contributed by atoms with Gasteiger partial charge in [0.1, 0.15) is 5.75 Å². The molecule has 2 aromatic carbocycles. The predicted octanol–water partition coefficient (Wildman–Crippen LogP) is 4.79. The number of halogens is 1. The average molecular weight is 335 g/mol. The SMILES string of the molecule is CCOc1ccc(NC(=S)N[C@@H](C)c2ccccc2Cl)cc1. The lowest BCUT2D eigenvalue weighted by atomic mass is 10.1. The number of hydrogen-bond donors (Lipinski definition) is 2. The number of thiocarbonyl (C=S) groups is 1. The van der Waals surface area contributed by atoms with Crippen LogP contribution in [0.2, 0.25) is 5.02 Å². The fourth-order valence-electron chi connectivity index (χ4n) is 2.07. The molecule has 22 heavy (non-hydrogen) atoms. The molecule has 0 bridgehead atoms. The second-order valence-electron chi connectivity index (χ2n) is 4.80. The molecule has 0 aromatic heterocycles. The number of anilines is 1. The van der Waals surface area contributed by atoms with Crippen LogP contribution < -0.4 is 15.4 Å². The third-order valence-corrected chi connectivity index (χ3v) is 3.71. The number of hydrogen-bond acceptors (Lipinski definition) is 2. The van der Waals surface area contributed by atoms with E-state index in [-0.39, 0.29) is 6.04 Å². The van der Waals surface area contributed by atoms with Crippen molar-refractivity contribution in [3.05, 3.63) is 59.1 Å². The number of ether oxygens (including phenoxy) is 1. The first-order valence-corrected chi connectivity index (χ1v) is 7.93. The van der Waals surface area contributed by atoms with E-state index < -0.39 is 0 Å². The summed E-state index contributed by atoms with van der Waals surface area (Å²) < 4.78 is 5.41. The predicted molar refractivity (Wildman–Crippen MR) is 96.8 cm³/mol. The Bertz CT molecular complexity index is 631. The average Bonchev–Trinajstić information content (AvgIpc) is 2.50. The van der Waals surface area contributed by atoms with Crippen molar-refractivity contribution >= 4 is 34.6 Å². The zero-order valence-electron chi connectivity index (χ0n) is 12.6. The Morgan fingerprint density at radius 3 is 2.50 bits per heavy atom. The van der Waals surface area contributed by atoms with E-state index in [9.17, 15) is 0 Å². The lowest BCUT2D eigenvalue weighted by Crippen LogP contribution is -2.31. The molecule has 2 aromatic rings. The van der Waals surface area contributed by atoms with E-state index in [0.717, 1.165) is 22.0 Å². The summed E-state index contributed by atoms with van der Waals surface area (Å²) in [6.45, 7) is 4.64. The summed E-state index contributed by atoms with van der Waals surface area (Å²) in [5.41, 5.74) is 1.92. The minimum absolute atomic E-state index is 0.0244. The quantitative estimate of drug-likeness (QED) is 0.770. The zero-order valence-corrected chi connectivity index (χ0v) is 14.2. The maximum atomic E-state index is 6.19. The minimum Gasteiger partial charge on any atom is -0.494 e. The summed E-state index contributed by atoms with van der Waals surface area (Å²) in [5, 5.41) is 7.66. The van der Waals surface area contributed by atoms with Crippen LogP contribution in [0.25, 0.3) is 0 Å². The molecule has 0 aliphatic carbocycles. The third-order valence-electron chi connectivity index (χ3n) is 3.14. The summed E-state index contributed by atoms with van der Waals surface area (Å²) in [5.74, 6) is 0.844. The maximum Gasteiger partial charge on any atom is 0.171 e. The van der Waals surface area contributed by atoms with Gasteiger partial charge in [0, 0.05) is 10.7 Å². The molecule has 0 fully saturated rings. The molecule has 0 unspecified atom stereocenters. The molecule has 116 valence electrons. The van der Waals surface area contributed by atoms with Gasteiger partial charge in [0.25, 0.3) is 0 Å². The van der Waals surface area contributed by atoms with Gasteiger partial charge >= 0.3 is 0 Å².